The van der Waals surface area contributed by atoms with E-state index in [0.29, 0.717) is 0 Å². The zero-order valence-electron chi connectivity index (χ0n) is 12.9. The number of hydrogen-bond donors (Lipinski definition) is 2. The minimum atomic E-state index is -4.49. The third-order valence-electron chi connectivity index (χ3n) is 3.36. The number of hydrogen-bond acceptors (Lipinski definition) is 4. The van der Waals surface area contributed by atoms with Gasteiger partial charge in [-0.1, -0.05) is 18.2 Å². The lowest BCUT2D eigenvalue weighted by Gasteiger charge is -2.09. The van der Waals surface area contributed by atoms with E-state index in [1.54, 1.807) is 24.3 Å². The van der Waals surface area contributed by atoms with Crippen LogP contribution in [0.2, 0.25) is 0 Å². The summed E-state index contributed by atoms with van der Waals surface area (Å²) in [6.45, 7) is 0. The van der Waals surface area contributed by atoms with Gasteiger partial charge in [-0.05, 0) is 41.8 Å². The topological polar surface area (TPSA) is 75.3 Å². The van der Waals surface area contributed by atoms with Crippen LogP contribution in [0.15, 0.2) is 58.8 Å². The van der Waals surface area contributed by atoms with Gasteiger partial charge >= 0.3 is 12.2 Å². The van der Waals surface area contributed by atoms with Gasteiger partial charge in [0.15, 0.2) is 0 Å². The minimum Gasteiger partial charge on any atom is -0.307 e. The molecule has 2 N–H and O–H groups in total. The van der Waals surface area contributed by atoms with Gasteiger partial charge in [0, 0.05) is 10.4 Å². The summed E-state index contributed by atoms with van der Waals surface area (Å²) in [6, 6.07) is 11.0. The average molecular weight is 400 g/mol. The van der Waals surface area contributed by atoms with E-state index in [1.807, 2.05) is 4.72 Å². The largest absolute Gasteiger partial charge is 0.416 e. The third kappa shape index (κ3) is 3.97. The molecule has 0 saturated carbocycles. The van der Waals surface area contributed by atoms with Crippen LogP contribution in [0.4, 0.5) is 23.7 Å². The van der Waals surface area contributed by atoms with Crippen molar-refractivity contribution in [1.29, 1.82) is 0 Å². The van der Waals surface area contributed by atoms with Crippen LogP contribution in [0, 0.1) is 0 Å². The molecule has 0 bridgehead atoms. The maximum absolute atomic E-state index is 12.5. The van der Waals surface area contributed by atoms with Crippen molar-refractivity contribution in [3.8, 4) is 0 Å². The number of carbonyl (C=O) groups excluding carboxylic acids is 1. The van der Waals surface area contributed by atoms with E-state index < -0.39 is 27.8 Å². The first-order valence-electron chi connectivity index (χ1n) is 7.15. The number of nitrogens with one attached hydrogen (secondary N) is 2. The molecule has 0 radical (unpaired) electrons. The number of benzene rings is 2. The van der Waals surface area contributed by atoms with Gasteiger partial charge in [-0.3, -0.25) is 0 Å². The number of halogens is 3. The van der Waals surface area contributed by atoms with Crippen molar-refractivity contribution < 1.29 is 26.4 Å². The first-order valence-corrected chi connectivity index (χ1v) is 9.45. The second kappa shape index (κ2) is 6.61. The predicted octanol–water partition coefficient (Wildman–Crippen LogP) is 4.43. The molecule has 0 saturated heterocycles. The molecule has 0 spiro atoms. The monoisotopic (exact) mass is 400 g/mol. The van der Waals surface area contributed by atoms with Gasteiger partial charge in [0.25, 0.3) is 10.0 Å². The molecule has 0 unspecified atom stereocenters. The Bertz CT molecular complexity index is 1030. The van der Waals surface area contributed by atoms with Crippen molar-refractivity contribution >= 4 is 43.2 Å². The van der Waals surface area contributed by atoms with Gasteiger partial charge < -0.3 is 5.32 Å². The molecule has 0 aliphatic rings. The van der Waals surface area contributed by atoms with Crippen molar-refractivity contribution in [2.75, 3.05) is 5.32 Å². The minimum absolute atomic E-state index is 0.0297. The van der Waals surface area contributed by atoms with Crippen LogP contribution < -0.4 is 10.0 Å². The number of carbonyl (C=O) groups is 1. The summed E-state index contributed by atoms with van der Waals surface area (Å²) in [5, 5.41) is 2.91. The van der Waals surface area contributed by atoms with Crippen LogP contribution in [-0.4, -0.2) is 14.4 Å². The van der Waals surface area contributed by atoms with Gasteiger partial charge in [0.05, 0.1) is 5.56 Å². The highest BCUT2D eigenvalue weighted by Gasteiger charge is 2.30. The zero-order valence-corrected chi connectivity index (χ0v) is 14.5. The van der Waals surface area contributed by atoms with E-state index in [-0.39, 0.29) is 9.90 Å². The SMILES string of the molecule is O=C(Nc1ccc(C(F)(F)F)cc1)NS(=O)(=O)c1cc2ccccc2s1. The van der Waals surface area contributed by atoms with Crippen LogP contribution in [0.5, 0.6) is 0 Å². The lowest BCUT2D eigenvalue weighted by Crippen LogP contribution is -2.33. The van der Waals surface area contributed by atoms with Crippen molar-refractivity contribution in [1.82, 2.24) is 4.72 Å². The molecule has 0 aliphatic carbocycles. The maximum atomic E-state index is 12.5. The van der Waals surface area contributed by atoms with Gasteiger partial charge in [0.2, 0.25) is 0 Å². The van der Waals surface area contributed by atoms with E-state index in [1.165, 1.54) is 6.07 Å². The normalized spacial score (nSPS) is 12.1. The Morgan fingerprint density at radius 3 is 2.27 bits per heavy atom. The third-order valence-corrected chi connectivity index (χ3v) is 6.29. The summed E-state index contributed by atoms with van der Waals surface area (Å²) in [5.41, 5.74) is -0.844. The number of rotatable bonds is 3. The molecule has 0 fully saturated rings. The van der Waals surface area contributed by atoms with Crippen molar-refractivity contribution in [3.63, 3.8) is 0 Å². The van der Waals surface area contributed by atoms with Crippen LogP contribution in [0.25, 0.3) is 10.1 Å². The van der Waals surface area contributed by atoms with Crippen LogP contribution in [0.1, 0.15) is 5.56 Å². The van der Waals surface area contributed by atoms with Crippen molar-refractivity contribution in [2.24, 2.45) is 0 Å². The Morgan fingerprint density at radius 2 is 1.65 bits per heavy atom. The molecule has 1 aromatic heterocycles. The summed E-state index contributed by atoms with van der Waals surface area (Å²) >= 11 is 1.00. The molecule has 0 atom stereocenters. The van der Waals surface area contributed by atoms with Crippen LogP contribution in [0.3, 0.4) is 0 Å². The number of urea groups is 1. The van der Waals surface area contributed by atoms with Crippen molar-refractivity contribution in [3.05, 3.63) is 60.2 Å². The van der Waals surface area contributed by atoms with E-state index in [2.05, 4.69) is 5.32 Å². The number of sulfonamides is 1. The number of amides is 2. The van der Waals surface area contributed by atoms with Gasteiger partial charge in [-0.15, -0.1) is 11.3 Å². The first kappa shape index (κ1) is 18.2. The lowest BCUT2D eigenvalue weighted by atomic mass is 10.2. The van der Waals surface area contributed by atoms with E-state index >= 15 is 0 Å². The molecule has 3 aromatic rings. The number of alkyl halides is 3. The molecule has 1 heterocycles. The molecule has 5 nitrogen and oxygen atoms in total. The summed E-state index contributed by atoms with van der Waals surface area (Å²) in [4.78, 5) is 11.9. The summed E-state index contributed by atoms with van der Waals surface area (Å²) < 4.78 is 64.6. The molecule has 0 aliphatic heterocycles. The smallest absolute Gasteiger partial charge is 0.307 e. The molecule has 2 amide bonds. The fourth-order valence-electron chi connectivity index (χ4n) is 2.16. The van der Waals surface area contributed by atoms with E-state index in [9.17, 15) is 26.4 Å². The lowest BCUT2D eigenvalue weighted by molar-refractivity contribution is -0.137. The summed E-state index contributed by atoms with van der Waals surface area (Å²) in [7, 11) is -4.10. The fourth-order valence-corrected chi connectivity index (χ4v) is 4.47. The molecule has 136 valence electrons. The molecular weight excluding hydrogens is 389 g/mol. The molecule has 2 aromatic carbocycles. The Hall–Kier alpha value is -2.59. The van der Waals surface area contributed by atoms with Gasteiger partial charge in [0.1, 0.15) is 4.21 Å². The number of fused-ring (bicyclic) bond motifs is 1. The first-order chi connectivity index (χ1) is 12.1. The highest BCUT2D eigenvalue weighted by atomic mass is 32.2. The van der Waals surface area contributed by atoms with Crippen LogP contribution >= 0.6 is 11.3 Å². The average Bonchev–Trinajstić information content (AvgIpc) is 2.99. The standard InChI is InChI=1S/C16H11F3N2O3S2/c17-16(18,19)11-5-7-12(8-6-11)20-15(22)21-26(23,24)14-9-10-3-1-2-4-13(10)25-14/h1-9H,(H2,20,21,22). The quantitative estimate of drug-likeness (QED) is 0.683. The molecular formula is C16H11F3N2O3S2. The van der Waals surface area contributed by atoms with Gasteiger partial charge in [-0.25, -0.2) is 17.9 Å². The Morgan fingerprint density at radius 1 is 1.00 bits per heavy atom. The maximum Gasteiger partial charge on any atom is 0.416 e. The van der Waals surface area contributed by atoms with E-state index in [4.69, 9.17) is 0 Å². The Labute approximate surface area is 150 Å². The summed E-state index contributed by atoms with van der Waals surface area (Å²) in [5.74, 6) is 0. The predicted molar refractivity (Wildman–Crippen MR) is 92.6 cm³/mol. The molecule has 10 heteroatoms. The fraction of sp³-hybridized carbons (Fsp3) is 0.0625. The van der Waals surface area contributed by atoms with E-state index in [0.717, 1.165) is 45.7 Å². The van der Waals surface area contributed by atoms with Gasteiger partial charge in [-0.2, -0.15) is 13.2 Å². The molecule has 3 rings (SSSR count). The molecule has 26 heavy (non-hydrogen) atoms. The number of thiophene rings is 1. The highest BCUT2D eigenvalue weighted by Crippen LogP contribution is 2.30. The number of anilines is 1. The second-order valence-corrected chi connectivity index (χ2v) is 8.23. The Kier molecular flexibility index (Phi) is 4.63. The second-order valence-electron chi connectivity index (χ2n) is 5.24. The van der Waals surface area contributed by atoms with Crippen LogP contribution in [-0.2, 0) is 16.2 Å². The highest BCUT2D eigenvalue weighted by molar-refractivity contribution is 7.92. The Balaban J connectivity index is 1.72. The summed E-state index contributed by atoms with van der Waals surface area (Å²) in [6.07, 6.45) is -4.49. The van der Waals surface area contributed by atoms with Crippen molar-refractivity contribution in [2.45, 2.75) is 10.4 Å². The zero-order chi connectivity index (χ0) is 18.9.